The lowest BCUT2D eigenvalue weighted by Gasteiger charge is -2.48. The molecule has 0 bridgehead atoms. The Morgan fingerprint density at radius 2 is 2.00 bits per heavy atom. The number of nitrogens with zero attached hydrogens (tertiary/aromatic N) is 1. The Labute approximate surface area is 127 Å². The maximum Gasteiger partial charge on any atom is 0.246 e. The number of rotatable bonds is 6. The van der Waals surface area contributed by atoms with E-state index in [2.05, 4.69) is 5.32 Å². The molecular formula is C16H28N2O3. The summed E-state index contributed by atoms with van der Waals surface area (Å²) in [6, 6.07) is -0.351. The number of ether oxygens (including phenoxy) is 1. The van der Waals surface area contributed by atoms with E-state index in [4.69, 9.17) is 4.74 Å². The molecule has 0 radical (unpaired) electrons. The van der Waals surface area contributed by atoms with Crippen LogP contribution in [0, 0.1) is 5.92 Å². The molecule has 2 rings (SSSR count). The topological polar surface area (TPSA) is 58.6 Å². The van der Waals surface area contributed by atoms with Crippen molar-refractivity contribution in [2.45, 2.75) is 64.5 Å². The lowest BCUT2D eigenvalue weighted by atomic mass is 9.84. The first-order valence-corrected chi connectivity index (χ1v) is 8.29. The Kier molecular flexibility index (Phi) is 5.25. The van der Waals surface area contributed by atoms with Crippen molar-refractivity contribution in [1.29, 1.82) is 0 Å². The Balaban J connectivity index is 2.25. The van der Waals surface area contributed by atoms with E-state index in [1.165, 1.54) is 0 Å². The van der Waals surface area contributed by atoms with Gasteiger partial charge in [-0.15, -0.1) is 0 Å². The number of carbonyl (C=O) groups excluding carboxylic acids is 2. The Bertz CT molecular complexity index is 387. The molecule has 2 unspecified atom stereocenters. The van der Waals surface area contributed by atoms with Gasteiger partial charge in [-0.2, -0.15) is 0 Å². The summed E-state index contributed by atoms with van der Waals surface area (Å²) in [7, 11) is 0. The van der Waals surface area contributed by atoms with Crippen LogP contribution in [0.4, 0.5) is 0 Å². The highest BCUT2D eigenvalue weighted by atomic mass is 16.5. The van der Waals surface area contributed by atoms with Gasteiger partial charge in [0.25, 0.3) is 0 Å². The van der Waals surface area contributed by atoms with E-state index in [0.717, 1.165) is 19.4 Å². The minimum absolute atomic E-state index is 0.0180. The quantitative estimate of drug-likeness (QED) is 0.812. The van der Waals surface area contributed by atoms with Gasteiger partial charge in [-0.25, -0.2) is 0 Å². The van der Waals surface area contributed by atoms with Gasteiger partial charge in [-0.1, -0.05) is 27.2 Å². The molecule has 0 spiro atoms. The zero-order chi connectivity index (χ0) is 15.5. The molecule has 0 aromatic carbocycles. The van der Waals surface area contributed by atoms with Gasteiger partial charge in [0.05, 0.1) is 6.61 Å². The molecule has 2 heterocycles. The Morgan fingerprint density at radius 3 is 2.52 bits per heavy atom. The molecule has 5 heteroatoms. The van der Waals surface area contributed by atoms with Crippen LogP contribution in [-0.4, -0.2) is 48.1 Å². The van der Waals surface area contributed by atoms with Gasteiger partial charge in [0.2, 0.25) is 11.8 Å². The SMILES string of the molecule is CCCC1NC(=O)C(CC)(CC)N(CC2CCOC2)C1=O. The van der Waals surface area contributed by atoms with Crippen molar-refractivity contribution in [2.75, 3.05) is 19.8 Å². The van der Waals surface area contributed by atoms with Crippen LogP contribution in [0.1, 0.15) is 52.9 Å². The minimum atomic E-state index is -0.677. The third kappa shape index (κ3) is 2.93. The summed E-state index contributed by atoms with van der Waals surface area (Å²) < 4.78 is 5.43. The van der Waals surface area contributed by atoms with Gasteiger partial charge in [-0.3, -0.25) is 9.59 Å². The van der Waals surface area contributed by atoms with Crippen molar-refractivity contribution in [2.24, 2.45) is 5.92 Å². The second kappa shape index (κ2) is 6.77. The monoisotopic (exact) mass is 296 g/mol. The zero-order valence-corrected chi connectivity index (χ0v) is 13.5. The molecule has 5 nitrogen and oxygen atoms in total. The first-order chi connectivity index (χ1) is 10.1. The molecule has 120 valence electrons. The molecule has 2 atom stereocenters. The third-order valence-electron chi connectivity index (χ3n) is 5.02. The lowest BCUT2D eigenvalue weighted by Crippen LogP contribution is -2.70. The summed E-state index contributed by atoms with van der Waals surface area (Å²) in [6.07, 6.45) is 3.91. The molecular weight excluding hydrogens is 268 g/mol. The molecule has 1 N–H and O–H groups in total. The van der Waals surface area contributed by atoms with E-state index in [0.29, 0.717) is 38.3 Å². The minimum Gasteiger partial charge on any atom is -0.381 e. The molecule has 21 heavy (non-hydrogen) atoms. The highest BCUT2D eigenvalue weighted by Crippen LogP contribution is 2.31. The number of piperazine rings is 1. The molecule has 2 aliphatic rings. The van der Waals surface area contributed by atoms with Gasteiger partial charge < -0.3 is 15.0 Å². The largest absolute Gasteiger partial charge is 0.381 e. The average Bonchev–Trinajstić information content (AvgIpc) is 2.98. The highest BCUT2D eigenvalue weighted by molar-refractivity contribution is 5.99. The van der Waals surface area contributed by atoms with E-state index in [-0.39, 0.29) is 17.9 Å². The maximum atomic E-state index is 12.9. The van der Waals surface area contributed by atoms with Crippen LogP contribution in [0.2, 0.25) is 0 Å². The third-order valence-corrected chi connectivity index (χ3v) is 5.02. The molecule has 2 fully saturated rings. The van der Waals surface area contributed by atoms with Crippen molar-refractivity contribution < 1.29 is 14.3 Å². The van der Waals surface area contributed by atoms with Crippen LogP contribution < -0.4 is 5.32 Å². The van der Waals surface area contributed by atoms with Gasteiger partial charge in [0.15, 0.2) is 0 Å². The fraction of sp³-hybridized carbons (Fsp3) is 0.875. The normalized spacial score (nSPS) is 28.8. The molecule has 0 saturated carbocycles. The molecule has 0 aromatic rings. The van der Waals surface area contributed by atoms with Crippen molar-refractivity contribution in [3.63, 3.8) is 0 Å². The number of amides is 2. The number of carbonyl (C=O) groups is 2. The summed E-state index contributed by atoms with van der Waals surface area (Å²) in [5.74, 6) is 0.469. The number of nitrogens with one attached hydrogen (secondary N) is 1. The molecule has 2 aliphatic heterocycles. The number of hydrogen-bond acceptors (Lipinski definition) is 3. The van der Waals surface area contributed by atoms with Gasteiger partial charge in [0.1, 0.15) is 11.6 Å². The smallest absolute Gasteiger partial charge is 0.246 e. The first kappa shape index (κ1) is 16.3. The van der Waals surface area contributed by atoms with E-state index in [9.17, 15) is 9.59 Å². The summed E-state index contributed by atoms with van der Waals surface area (Å²) in [4.78, 5) is 27.4. The van der Waals surface area contributed by atoms with E-state index in [1.807, 2.05) is 25.7 Å². The van der Waals surface area contributed by atoms with Crippen LogP contribution in [-0.2, 0) is 14.3 Å². The second-order valence-electron chi connectivity index (χ2n) is 6.23. The molecule has 0 aromatic heterocycles. The van der Waals surface area contributed by atoms with Crippen molar-refractivity contribution in [1.82, 2.24) is 10.2 Å². The summed E-state index contributed by atoms with van der Waals surface area (Å²) in [5.41, 5.74) is -0.677. The standard InChI is InChI=1S/C16H28N2O3/c1-4-7-13-14(19)18(10-12-8-9-21-11-12)16(5-2,6-3)15(20)17-13/h12-13H,4-11H2,1-3H3,(H,17,20). The van der Waals surface area contributed by atoms with Gasteiger partial charge in [-0.05, 0) is 25.7 Å². The molecule has 2 amide bonds. The van der Waals surface area contributed by atoms with Crippen LogP contribution in [0.15, 0.2) is 0 Å². The van der Waals surface area contributed by atoms with Crippen LogP contribution in [0.5, 0.6) is 0 Å². The fourth-order valence-corrected chi connectivity index (χ4v) is 3.56. The van der Waals surface area contributed by atoms with Crippen molar-refractivity contribution >= 4 is 11.8 Å². The van der Waals surface area contributed by atoms with Crippen molar-refractivity contribution in [3.8, 4) is 0 Å². The van der Waals surface area contributed by atoms with Crippen LogP contribution in [0.25, 0.3) is 0 Å². The van der Waals surface area contributed by atoms with Crippen LogP contribution in [0.3, 0.4) is 0 Å². The zero-order valence-electron chi connectivity index (χ0n) is 13.5. The maximum absolute atomic E-state index is 12.9. The number of hydrogen-bond donors (Lipinski definition) is 1. The summed E-state index contributed by atoms with van der Waals surface area (Å²) >= 11 is 0. The fourth-order valence-electron chi connectivity index (χ4n) is 3.56. The van der Waals surface area contributed by atoms with E-state index in [1.54, 1.807) is 0 Å². The average molecular weight is 296 g/mol. The predicted octanol–water partition coefficient (Wildman–Crippen LogP) is 1.71. The Morgan fingerprint density at radius 1 is 1.29 bits per heavy atom. The van der Waals surface area contributed by atoms with E-state index >= 15 is 0 Å². The van der Waals surface area contributed by atoms with Crippen LogP contribution >= 0.6 is 0 Å². The summed E-state index contributed by atoms with van der Waals surface area (Å²) in [5, 5.41) is 2.95. The second-order valence-corrected chi connectivity index (χ2v) is 6.23. The molecule has 0 aliphatic carbocycles. The Hall–Kier alpha value is -1.10. The summed E-state index contributed by atoms with van der Waals surface area (Å²) in [6.45, 7) is 8.14. The van der Waals surface area contributed by atoms with E-state index < -0.39 is 5.54 Å². The first-order valence-electron chi connectivity index (χ1n) is 8.29. The predicted molar refractivity (Wildman–Crippen MR) is 80.8 cm³/mol. The molecule has 2 saturated heterocycles. The van der Waals surface area contributed by atoms with Gasteiger partial charge in [0, 0.05) is 19.1 Å². The van der Waals surface area contributed by atoms with Gasteiger partial charge >= 0.3 is 0 Å². The van der Waals surface area contributed by atoms with Crippen molar-refractivity contribution in [3.05, 3.63) is 0 Å². The highest BCUT2D eigenvalue weighted by Gasteiger charge is 2.50. The lowest BCUT2D eigenvalue weighted by molar-refractivity contribution is -0.159.